The van der Waals surface area contributed by atoms with E-state index >= 15 is 0 Å². The highest BCUT2D eigenvalue weighted by Crippen LogP contribution is 2.35. The highest BCUT2D eigenvalue weighted by Gasteiger charge is 2.14. The van der Waals surface area contributed by atoms with Crippen LogP contribution in [0.1, 0.15) is 5.56 Å². The molecule has 0 aliphatic rings. The lowest BCUT2D eigenvalue weighted by Gasteiger charge is -2.13. The van der Waals surface area contributed by atoms with Crippen molar-refractivity contribution in [2.45, 2.75) is 12.5 Å². The van der Waals surface area contributed by atoms with Crippen molar-refractivity contribution in [2.24, 2.45) is 5.73 Å². The fourth-order valence-electron chi connectivity index (χ4n) is 1.28. The highest BCUT2D eigenvalue weighted by atomic mass is 79.9. The minimum absolute atomic E-state index is 0.0655. The van der Waals surface area contributed by atoms with Gasteiger partial charge in [-0.2, -0.15) is 0 Å². The molecule has 0 heterocycles. The van der Waals surface area contributed by atoms with Crippen molar-refractivity contribution in [2.75, 3.05) is 13.7 Å². The minimum atomic E-state index is -0.390. The number of phenolic OH excluding ortho intramolecular Hbond substituents is 1. The number of phenols is 1. The number of ether oxygens (including phenoxy) is 1. The molecule has 0 fully saturated rings. The van der Waals surface area contributed by atoms with Crippen molar-refractivity contribution >= 4 is 15.9 Å². The normalized spacial score (nSPS) is 12.5. The lowest BCUT2D eigenvalue weighted by Crippen LogP contribution is -2.27. The van der Waals surface area contributed by atoms with Crippen molar-refractivity contribution in [3.63, 3.8) is 0 Å². The molecule has 0 spiro atoms. The molecular formula is C10H14BrNO3. The maximum Gasteiger partial charge on any atom is 0.162 e. The predicted molar refractivity (Wildman–Crippen MR) is 61.1 cm³/mol. The van der Waals surface area contributed by atoms with Gasteiger partial charge in [-0.15, -0.1) is 0 Å². The lowest BCUT2D eigenvalue weighted by molar-refractivity contribution is 0.264. The van der Waals surface area contributed by atoms with E-state index in [1.165, 1.54) is 7.11 Å². The van der Waals surface area contributed by atoms with Gasteiger partial charge in [0.2, 0.25) is 0 Å². The summed E-state index contributed by atoms with van der Waals surface area (Å²) in [7, 11) is 1.48. The van der Waals surface area contributed by atoms with Gasteiger partial charge in [0, 0.05) is 16.1 Å². The Bertz CT molecular complexity index is 344. The fourth-order valence-corrected chi connectivity index (χ4v) is 1.76. The van der Waals surface area contributed by atoms with Gasteiger partial charge in [0.05, 0.1) is 13.7 Å². The Morgan fingerprint density at radius 1 is 1.53 bits per heavy atom. The number of hydrogen-bond acceptors (Lipinski definition) is 4. The maximum atomic E-state index is 9.82. The Balaban J connectivity index is 3.04. The summed E-state index contributed by atoms with van der Waals surface area (Å²) in [5.41, 5.74) is 6.26. The molecule has 0 aliphatic heterocycles. The van der Waals surface area contributed by atoms with Crippen LogP contribution in [-0.4, -0.2) is 30.0 Å². The molecule has 0 aliphatic carbocycles. The maximum absolute atomic E-state index is 9.82. The molecular weight excluding hydrogens is 262 g/mol. The summed E-state index contributed by atoms with van der Waals surface area (Å²) in [4.78, 5) is 0. The van der Waals surface area contributed by atoms with E-state index in [1.807, 2.05) is 0 Å². The van der Waals surface area contributed by atoms with E-state index < -0.39 is 0 Å². The van der Waals surface area contributed by atoms with Crippen LogP contribution in [-0.2, 0) is 6.42 Å². The fraction of sp³-hybridized carbons (Fsp3) is 0.400. The van der Waals surface area contributed by atoms with Crippen LogP contribution in [0, 0.1) is 0 Å². The highest BCUT2D eigenvalue weighted by molar-refractivity contribution is 9.10. The van der Waals surface area contributed by atoms with Gasteiger partial charge in [-0.05, 0) is 18.6 Å². The molecule has 0 saturated heterocycles. The van der Waals surface area contributed by atoms with Gasteiger partial charge in [0.15, 0.2) is 11.5 Å². The van der Waals surface area contributed by atoms with Crippen molar-refractivity contribution < 1.29 is 14.9 Å². The number of halogens is 1. The zero-order chi connectivity index (χ0) is 11.4. The molecule has 1 aromatic carbocycles. The molecule has 0 aromatic heterocycles. The number of aromatic hydroxyl groups is 1. The number of methoxy groups -OCH3 is 1. The van der Waals surface area contributed by atoms with Crippen LogP contribution in [0.2, 0.25) is 0 Å². The topological polar surface area (TPSA) is 75.7 Å². The van der Waals surface area contributed by atoms with Crippen molar-refractivity contribution in [1.29, 1.82) is 0 Å². The van der Waals surface area contributed by atoms with Crippen molar-refractivity contribution in [3.05, 3.63) is 22.2 Å². The van der Waals surface area contributed by atoms with Gasteiger partial charge in [-0.25, -0.2) is 0 Å². The van der Waals surface area contributed by atoms with Gasteiger partial charge in [0.25, 0.3) is 0 Å². The molecule has 4 N–H and O–H groups in total. The Morgan fingerprint density at radius 2 is 2.20 bits per heavy atom. The van der Waals surface area contributed by atoms with Crippen LogP contribution >= 0.6 is 15.9 Å². The number of rotatable bonds is 4. The third-order valence-electron chi connectivity index (χ3n) is 2.11. The third-order valence-corrected chi connectivity index (χ3v) is 2.85. The molecule has 1 unspecified atom stereocenters. The Hall–Kier alpha value is -0.780. The summed E-state index contributed by atoms with van der Waals surface area (Å²) in [5, 5.41) is 18.7. The summed E-state index contributed by atoms with van der Waals surface area (Å²) in [6.07, 6.45) is 0.389. The van der Waals surface area contributed by atoms with Crippen LogP contribution in [0.15, 0.2) is 16.6 Å². The molecule has 1 rings (SSSR count). The number of aliphatic hydroxyl groups is 1. The van der Waals surface area contributed by atoms with E-state index in [2.05, 4.69) is 15.9 Å². The second-order valence-electron chi connectivity index (χ2n) is 3.22. The summed E-state index contributed by atoms with van der Waals surface area (Å²) < 4.78 is 5.74. The van der Waals surface area contributed by atoms with E-state index in [-0.39, 0.29) is 18.4 Å². The van der Waals surface area contributed by atoms with Gasteiger partial charge in [-0.3, -0.25) is 0 Å². The standard InChI is InChI=1S/C10H14BrNO3/c1-15-9-3-2-8(11)7(10(9)14)4-6(12)5-13/h2-3,6,13-14H,4-5,12H2,1H3. The van der Waals surface area contributed by atoms with Crippen molar-refractivity contribution in [3.8, 4) is 11.5 Å². The third kappa shape index (κ3) is 2.84. The van der Waals surface area contributed by atoms with Crippen LogP contribution in [0.4, 0.5) is 0 Å². The molecule has 84 valence electrons. The zero-order valence-corrected chi connectivity index (χ0v) is 9.99. The number of aliphatic hydroxyl groups excluding tert-OH is 1. The predicted octanol–water partition coefficient (Wildman–Crippen LogP) is 1.03. The van der Waals surface area contributed by atoms with Crippen LogP contribution in [0.25, 0.3) is 0 Å². The molecule has 0 amide bonds. The van der Waals surface area contributed by atoms with E-state index in [4.69, 9.17) is 15.6 Å². The largest absolute Gasteiger partial charge is 0.504 e. The van der Waals surface area contributed by atoms with E-state index in [0.717, 1.165) is 4.47 Å². The first-order valence-corrected chi connectivity index (χ1v) is 5.30. The molecule has 0 bridgehead atoms. The smallest absolute Gasteiger partial charge is 0.162 e. The second-order valence-corrected chi connectivity index (χ2v) is 4.08. The SMILES string of the molecule is COc1ccc(Br)c(CC(N)CO)c1O. The summed E-state index contributed by atoms with van der Waals surface area (Å²) in [6, 6.07) is 3.05. The molecule has 0 saturated carbocycles. The number of hydrogen-bond donors (Lipinski definition) is 3. The summed E-state index contributed by atoms with van der Waals surface area (Å²) in [6.45, 7) is -0.122. The van der Waals surface area contributed by atoms with Crippen LogP contribution in [0.3, 0.4) is 0 Å². The van der Waals surface area contributed by atoms with Gasteiger partial charge in [-0.1, -0.05) is 15.9 Å². The summed E-state index contributed by atoms with van der Waals surface area (Å²) >= 11 is 3.32. The average Bonchev–Trinajstić information content (AvgIpc) is 2.24. The Morgan fingerprint density at radius 3 is 2.73 bits per heavy atom. The first kappa shape index (κ1) is 12.3. The minimum Gasteiger partial charge on any atom is -0.504 e. The molecule has 5 heteroatoms. The van der Waals surface area contributed by atoms with E-state index in [9.17, 15) is 5.11 Å². The molecule has 4 nitrogen and oxygen atoms in total. The van der Waals surface area contributed by atoms with Crippen molar-refractivity contribution in [1.82, 2.24) is 0 Å². The molecule has 0 radical (unpaired) electrons. The second kappa shape index (κ2) is 5.34. The monoisotopic (exact) mass is 275 g/mol. The quantitative estimate of drug-likeness (QED) is 0.767. The summed E-state index contributed by atoms with van der Waals surface area (Å²) in [5.74, 6) is 0.467. The first-order valence-electron chi connectivity index (χ1n) is 4.51. The molecule has 1 atom stereocenters. The van der Waals surface area contributed by atoms with Gasteiger partial charge in [0.1, 0.15) is 0 Å². The van der Waals surface area contributed by atoms with Crippen LogP contribution in [0.5, 0.6) is 11.5 Å². The average molecular weight is 276 g/mol. The lowest BCUT2D eigenvalue weighted by atomic mass is 10.1. The Kier molecular flexibility index (Phi) is 4.38. The van der Waals surface area contributed by atoms with E-state index in [1.54, 1.807) is 12.1 Å². The number of nitrogens with two attached hydrogens (primary N) is 1. The zero-order valence-electron chi connectivity index (χ0n) is 8.40. The number of benzene rings is 1. The Labute approximate surface area is 96.8 Å². The first-order chi connectivity index (χ1) is 7.10. The van der Waals surface area contributed by atoms with Crippen LogP contribution < -0.4 is 10.5 Å². The molecule has 1 aromatic rings. The molecule has 15 heavy (non-hydrogen) atoms. The van der Waals surface area contributed by atoms with Gasteiger partial charge >= 0.3 is 0 Å². The van der Waals surface area contributed by atoms with E-state index in [0.29, 0.717) is 17.7 Å². The van der Waals surface area contributed by atoms with Gasteiger partial charge < -0.3 is 20.7 Å².